The van der Waals surface area contributed by atoms with Gasteiger partial charge in [-0.2, -0.15) is 0 Å². The highest BCUT2D eigenvalue weighted by Crippen LogP contribution is 2.30. The molecule has 0 spiro atoms. The monoisotopic (exact) mass is 513 g/mol. The highest BCUT2D eigenvalue weighted by atomic mass is 16.5. The van der Waals surface area contributed by atoms with Gasteiger partial charge in [-0.15, -0.1) is 0 Å². The van der Waals surface area contributed by atoms with Crippen LogP contribution in [0.5, 0.6) is 0 Å². The predicted octanol–water partition coefficient (Wildman–Crippen LogP) is 4.83. The SMILES string of the molecule is Cc1nc(N2C[C@@H](C)O[C@@H](C)C2)n2c1cnc1ccc(-c3ccc(N4CCC(NC(C)C)CC4)nc3)cc12. The van der Waals surface area contributed by atoms with Crippen molar-refractivity contribution in [3.05, 3.63) is 48.4 Å². The summed E-state index contributed by atoms with van der Waals surface area (Å²) in [7, 11) is 0. The second-order valence-corrected chi connectivity index (χ2v) is 11.3. The predicted molar refractivity (Wildman–Crippen MR) is 154 cm³/mol. The lowest BCUT2D eigenvalue weighted by Gasteiger charge is -2.35. The van der Waals surface area contributed by atoms with Crippen LogP contribution in [0.1, 0.15) is 46.2 Å². The lowest BCUT2D eigenvalue weighted by atomic mass is 10.0. The molecular weight excluding hydrogens is 474 g/mol. The van der Waals surface area contributed by atoms with Crippen molar-refractivity contribution in [3.8, 4) is 11.1 Å². The van der Waals surface area contributed by atoms with Crippen LogP contribution in [-0.4, -0.2) is 69.8 Å². The number of benzene rings is 1. The van der Waals surface area contributed by atoms with Crippen LogP contribution in [0, 0.1) is 6.92 Å². The highest BCUT2D eigenvalue weighted by Gasteiger charge is 2.27. The summed E-state index contributed by atoms with van der Waals surface area (Å²) in [6, 6.07) is 12.0. The molecule has 6 rings (SSSR count). The summed E-state index contributed by atoms with van der Waals surface area (Å²) < 4.78 is 8.26. The van der Waals surface area contributed by atoms with Crippen LogP contribution in [0.15, 0.2) is 42.7 Å². The van der Waals surface area contributed by atoms with E-state index in [1.54, 1.807) is 0 Å². The van der Waals surface area contributed by atoms with Gasteiger partial charge in [-0.25, -0.2) is 9.97 Å². The van der Waals surface area contributed by atoms with Crippen LogP contribution in [0.3, 0.4) is 0 Å². The third kappa shape index (κ3) is 4.83. The lowest BCUT2D eigenvalue weighted by molar-refractivity contribution is -0.00573. The fourth-order valence-electron chi connectivity index (χ4n) is 6.08. The smallest absolute Gasteiger partial charge is 0.211 e. The number of morpholine rings is 1. The number of rotatable bonds is 5. The number of aryl methyl sites for hydroxylation is 1. The number of ether oxygens (including phenoxy) is 1. The molecule has 3 aromatic heterocycles. The molecule has 2 aliphatic heterocycles. The molecule has 0 bridgehead atoms. The first-order valence-corrected chi connectivity index (χ1v) is 14.0. The Morgan fingerprint density at radius 3 is 2.32 bits per heavy atom. The molecule has 2 fully saturated rings. The van der Waals surface area contributed by atoms with Crippen LogP contribution < -0.4 is 15.1 Å². The Balaban J connectivity index is 1.30. The molecule has 8 heteroatoms. The van der Waals surface area contributed by atoms with E-state index in [4.69, 9.17) is 19.7 Å². The molecule has 0 unspecified atom stereocenters. The zero-order valence-electron chi connectivity index (χ0n) is 23.2. The van der Waals surface area contributed by atoms with Gasteiger partial charge in [0.05, 0.1) is 40.6 Å². The number of hydrogen-bond acceptors (Lipinski definition) is 7. The maximum absolute atomic E-state index is 5.99. The van der Waals surface area contributed by atoms with Gasteiger partial charge in [0.25, 0.3) is 0 Å². The van der Waals surface area contributed by atoms with Crippen molar-refractivity contribution in [3.63, 3.8) is 0 Å². The average Bonchev–Trinajstić information content (AvgIpc) is 3.25. The summed E-state index contributed by atoms with van der Waals surface area (Å²) in [5, 5.41) is 3.67. The number of aromatic nitrogens is 4. The number of hydrogen-bond donors (Lipinski definition) is 1. The second-order valence-electron chi connectivity index (χ2n) is 11.3. The molecular formula is C30H39N7O. The topological polar surface area (TPSA) is 70.8 Å². The van der Waals surface area contributed by atoms with Gasteiger partial charge in [0.15, 0.2) is 0 Å². The minimum atomic E-state index is 0.164. The van der Waals surface area contributed by atoms with Gasteiger partial charge >= 0.3 is 0 Å². The summed E-state index contributed by atoms with van der Waals surface area (Å²) in [6.07, 6.45) is 6.59. The molecule has 200 valence electrons. The Labute approximate surface area is 225 Å². The van der Waals surface area contributed by atoms with Crippen LogP contribution in [0.4, 0.5) is 11.8 Å². The molecule has 0 amide bonds. The summed E-state index contributed by atoms with van der Waals surface area (Å²) in [4.78, 5) is 19.4. The van der Waals surface area contributed by atoms with Gasteiger partial charge in [0.2, 0.25) is 5.95 Å². The summed E-state index contributed by atoms with van der Waals surface area (Å²) >= 11 is 0. The van der Waals surface area contributed by atoms with Crippen LogP contribution in [0.2, 0.25) is 0 Å². The van der Waals surface area contributed by atoms with E-state index in [0.717, 1.165) is 84.2 Å². The number of nitrogens with one attached hydrogen (secondary N) is 1. The van der Waals surface area contributed by atoms with Gasteiger partial charge in [-0.3, -0.25) is 9.38 Å². The van der Waals surface area contributed by atoms with E-state index in [-0.39, 0.29) is 12.2 Å². The molecule has 2 aliphatic rings. The molecule has 2 saturated heterocycles. The Kier molecular flexibility index (Phi) is 6.70. The minimum Gasteiger partial charge on any atom is -0.372 e. The van der Waals surface area contributed by atoms with Gasteiger partial charge in [-0.1, -0.05) is 19.9 Å². The van der Waals surface area contributed by atoms with Crippen LogP contribution in [0.25, 0.3) is 27.7 Å². The molecule has 38 heavy (non-hydrogen) atoms. The fraction of sp³-hybridized carbons (Fsp3) is 0.500. The molecule has 1 aromatic carbocycles. The first-order chi connectivity index (χ1) is 18.4. The van der Waals surface area contributed by atoms with Gasteiger partial charge in [-0.05, 0) is 63.4 Å². The van der Waals surface area contributed by atoms with Crippen molar-refractivity contribution in [1.82, 2.24) is 24.7 Å². The molecule has 8 nitrogen and oxygen atoms in total. The largest absolute Gasteiger partial charge is 0.372 e. The van der Waals surface area contributed by atoms with E-state index >= 15 is 0 Å². The highest BCUT2D eigenvalue weighted by molar-refractivity contribution is 5.85. The Hall–Kier alpha value is -3.23. The first kappa shape index (κ1) is 25.1. The van der Waals surface area contributed by atoms with Crippen molar-refractivity contribution < 1.29 is 4.74 Å². The van der Waals surface area contributed by atoms with Crippen molar-refractivity contribution in [2.45, 2.75) is 71.8 Å². The minimum absolute atomic E-state index is 0.164. The molecule has 0 aliphatic carbocycles. The van der Waals surface area contributed by atoms with Crippen molar-refractivity contribution in [2.24, 2.45) is 0 Å². The van der Waals surface area contributed by atoms with E-state index in [0.29, 0.717) is 12.1 Å². The molecule has 1 N–H and O–H groups in total. The van der Waals surface area contributed by atoms with Gasteiger partial charge < -0.3 is 19.9 Å². The summed E-state index contributed by atoms with van der Waals surface area (Å²) in [5.41, 5.74) is 6.29. The summed E-state index contributed by atoms with van der Waals surface area (Å²) in [5.74, 6) is 2.03. The number of piperidine rings is 1. The van der Waals surface area contributed by atoms with E-state index in [9.17, 15) is 0 Å². The maximum Gasteiger partial charge on any atom is 0.211 e. The van der Waals surface area contributed by atoms with Crippen LogP contribution >= 0.6 is 0 Å². The third-order valence-electron chi connectivity index (χ3n) is 7.79. The van der Waals surface area contributed by atoms with E-state index < -0.39 is 0 Å². The fourth-order valence-corrected chi connectivity index (χ4v) is 6.08. The number of nitrogens with zero attached hydrogens (tertiary/aromatic N) is 6. The van der Waals surface area contributed by atoms with Crippen molar-refractivity contribution in [2.75, 3.05) is 36.0 Å². The standard InChI is InChI=1S/C30H39N7O/c1-19(2)33-25-10-12-35(13-11-25)29-9-7-24(15-32-29)23-6-8-26-27(14-23)37-28(16-31-26)22(5)34-30(37)36-17-20(3)38-21(4)18-36/h6-9,14-16,19-21,25,33H,10-13,17-18H2,1-5H3/t20-,21+. The third-order valence-corrected chi connectivity index (χ3v) is 7.79. The van der Waals surface area contributed by atoms with Crippen LogP contribution in [-0.2, 0) is 4.74 Å². The summed E-state index contributed by atoms with van der Waals surface area (Å²) in [6.45, 7) is 14.5. The van der Waals surface area contributed by atoms with Gasteiger partial charge in [0, 0.05) is 50.0 Å². The second kappa shape index (κ2) is 10.2. The quantitative estimate of drug-likeness (QED) is 0.410. The number of anilines is 2. The molecule has 2 atom stereocenters. The first-order valence-electron chi connectivity index (χ1n) is 14.0. The molecule has 5 heterocycles. The van der Waals surface area contributed by atoms with Crippen molar-refractivity contribution >= 4 is 28.3 Å². The number of fused-ring (bicyclic) bond motifs is 3. The van der Waals surface area contributed by atoms with Crippen molar-refractivity contribution in [1.29, 1.82) is 0 Å². The molecule has 0 saturated carbocycles. The van der Waals surface area contributed by atoms with E-state index in [2.05, 4.69) is 84.5 Å². The van der Waals surface area contributed by atoms with E-state index in [1.165, 1.54) is 0 Å². The normalized spacial score (nSPS) is 21.2. The lowest BCUT2D eigenvalue weighted by Crippen LogP contribution is -2.46. The maximum atomic E-state index is 5.99. The van der Waals surface area contributed by atoms with Gasteiger partial charge in [0.1, 0.15) is 5.82 Å². The zero-order valence-corrected chi connectivity index (χ0v) is 23.2. The Morgan fingerprint density at radius 2 is 1.63 bits per heavy atom. The molecule has 4 aromatic rings. The Morgan fingerprint density at radius 1 is 0.895 bits per heavy atom. The zero-order chi connectivity index (χ0) is 26.4. The number of imidazole rings is 1. The van der Waals surface area contributed by atoms with E-state index in [1.807, 2.05) is 12.4 Å². The number of pyridine rings is 1. The Bertz CT molecular complexity index is 1410. The average molecular weight is 514 g/mol. The molecule has 0 radical (unpaired) electrons.